The fourth-order valence-electron chi connectivity index (χ4n) is 4.46. The van der Waals surface area contributed by atoms with Crippen LogP contribution in [0.2, 0.25) is 0 Å². The van der Waals surface area contributed by atoms with Crippen LogP contribution in [0.3, 0.4) is 0 Å². The second-order valence-corrected chi connectivity index (χ2v) is 10.1. The Morgan fingerprint density at radius 2 is 1.97 bits per heavy atom. The first-order valence-electron chi connectivity index (χ1n) is 10.5. The highest BCUT2D eigenvalue weighted by molar-refractivity contribution is 5.68. The predicted molar refractivity (Wildman–Crippen MR) is 111 cm³/mol. The number of nitrogens with zero attached hydrogens (tertiary/aromatic N) is 4. The summed E-state index contributed by atoms with van der Waals surface area (Å²) in [6.45, 7) is 8.74. The summed E-state index contributed by atoms with van der Waals surface area (Å²) in [6, 6.07) is 5.09. The maximum atomic E-state index is 13.3. The molecule has 6 nitrogen and oxygen atoms in total. The molecule has 2 aliphatic rings. The molecule has 1 aromatic carbocycles. The first kappa shape index (κ1) is 22.1. The second kappa shape index (κ2) is 7.78. The lowest BCUT2D eigenvalue weighted by Crippen LogP contribution is -2.56. The van der Waals surface area contributed by atoms with E-state index in [0.717, 1.165) is 12.1 Å². The van der Waals surface area contributed by atoms with Gasteiger partial charge in [0.2, 0.25) is 0 Å². The van der Waals surface area contributed by atoms with Crippen LogP contribution >= 0.6 is 0 Å². The number of alkyl halides is 3. The summed E-state index contributed by atoms with van der Waals surface area (Å²) in [4.78, 5) is 1.98. The van der Waals surface area contributed by atoms with Crippen LogP contribution in [-0.4, -0.2) is 58.7 Å². The van der Waals surface area contributed by atoms with E-state index in [9.17, 15) is 18.3 Å². The van der Waals surface area contributed by atoms with Gasteiger partial charge in [0, 0.05) is 29.8 Å². The molecule has 0 aliphatic carbocycles. The van der Waals surface area contributed by atoms with E-state index in [1.54, 1.807) is 23.0 Å². The Hall–Kier alpha value is -2.13. The van der Waals surface area contributed by atoms with E-state index in [0.29, 0.717) is 37.5 Å². The third-order valence-corrected chi connectivity index (χ3v) is 6.07. The molecule has 4 rings (SSSR count). The average Bonchev–Trinajstić information content (AvgIpc) is 3.24. The molecule has 2 aliphatic heterocycles. The minimum atomic E-state index is -4.33. The van der Waals surface area contributed by atoms with Crippen LogP contribution in [0.1, 0.15) is 32.8 Å². The van der Waals surface area contributed by atoms with Crippen LogP contribution in [0.5, 0.6) is 0 Å². The number of hydrogen-bond acceptors (Lipinski definition) is 5. The molecular weight excluding hydrogens is 409 g/mol. The fourth-order valence-corrected chi connectivity index (χ4v) is 4.46. The normalized spacial score (nSPS) is 22.5. The molecule has 31 heavy (non-hydrogen) atoms. The first-order chi connectivity index (χ1) is 14.5. The Bertz CT molecular complexity index is 935. The van der Waals surface area contributed by atoms with Crippen molar-refractivity contribution in [1.82, 2.24) is 15.0 Å². The molecule has 0 saturated carbocycles. The van der Waals surface area contributed by atoms with Crippen molar-refractivity contribution in [2.45, 2.75) is 52.4 Å². The minimum Gasteiger partial charge on any atom is -0.396 e. The second-order valence-electron chi connectivity index (χ2n) is 10.1. The first-order valence-corrected chi connectivity index (χ1v) is 10.5. The highest BCUT2D eigenvalue weighted by Crippen LogP contribution is 2.37. The molecule has 0 amide bonds. The van der Waals surface area contributed by atoms with Gasteiger partial charge in [0.05, 0.1) is 38.5 Å². The van der Waals surface area contributed by atoms with Gasteiger partial charge < -0.3 is 14.7 Å². The van der Waals surface area contributed by atoms with Gasteiger partial charge in [-0.25, -0.2) is 4.68 Å². The maximum Gasteiger partial charge on any atom is 0.393 e. The number of rotatable bonds is 6. The molecule has 170 valence electrons. The standard InChI is InChI=1S/C22H29F3N4O2/c1-20(2)8-17(31-14-20)9-29-10-19(26-27-29)18-5-4-16(6-15(18)7-22(23,24)25)28-11-21(3,12-28)13-30/h4-6,10,17,30H,7-9,11-14H2,1-3H3. The topological polar surface area (TPSA) is 63.4 Å². The molecule has 1 unspecified atom stereocenters. The van der Waals surface area contributed by atoms with Crippen molar-refractivity contribution in [1.29, 1.82) is 0 Å². The van der Waals surface area contributed by atoms with Gasteiger partial charge in [-0.1, -0.05) is 32.1 Å². The Labute approximate surface area is 180 Å². The number of aliphatic hydroxyl groups is 1. The predicted octanol–water partition coefficient (Wildman–Crippen LogP) is 3.68. The van der Waals surface area contributed by atoms with E-state index in [-0.39, 0.29) is 29.1 Å². The third-order valence-electron chi connectivity index (χ3n) is 6.07. The van der Waals surface area contributed by atoms with E-state index in [1.165, 1.54) is 0 Å². The average molecular weight is 438 g/mol. The molecule has 3 heterocycles. The zero-order valence-electron chi connectivity index (χ0n) is 18.1. The molecular formula is C22H29F3N4O2. The van der Waals surface area contributed by atoms with Gasteiger partial charge in [-0.15, -0.1) is 5.10 Å². The van der Waals surface area contributed by atoms with Crippen molar-refractivity contribution < 1.29 is 23.0 Å². The van der Waals surface area contributed by atoms with Gasteiger partial charge in [-0.05, 0) is 29.5 Å². The lowest BCUT2D eigenvalue weighted by molar-refractivity contribution is -0.127. The SMILES string of the molecule is CC1(C)COC(Cn2cc(-c3ccc(N4CC(C)(CO)C4)cc3CC(F)(F)F)nn2)C1. The van der Waals surface area contributed by atoms with Crippen molar-refractivity contribution in [2.75, 3.05) is 31.2 Å². The van der Waals surface area contributed by atoms with Crippen molar-refractivity contribution >= 4 is 5.69 Å². The summed E-state index contributed by atoms with van der Waals surface area (Å²) in [5.41, 5.74) is 1.67. The largest absolute Gasteiger partial charge is 0.396 e. The summed E-state index contributed by atoms with van der Waals surface area (Å²) < 4.78 is 47.3. The molecule has 0 radical (unpaired) electrons. The molecule has 1 N–H and O–H groups in total. The van der Waals surface area contributed by atoms with Crippen LogP contribution in [0.4, 0.5) is 18.9 Å². The zero-order valence-corrected chi connectivity index (χ0v) is 18.1. The number of hydrogen-bond donors (Lipinski definition) is 1. The monoisotopic (exact) mass is 438 g/mol. The van der Waals surface area contributed by atoms with Gasteiger partial charge in [-0.2, -0.15) is 13.2 Å². The highest BCUT2D eigenvalue weighted by atomic mass is 19.4. The van der Waals surface area contributed by atoms with E-state index in [4.69, 9.17) is 4.74 Å². The summed E-state index contributed by atoms with van der Waals surface area (Å²) in [6.07, 6.45) is -2.75. The molecule has 1 atom stereocenters. The van der Waals surface area contributed by atoms with Gasteiger partial charge in [-0.3, -0.25) is 0 Å². The van der Waals surface area contributed by atoms with Crippen molar-refractivity contribution in [3.05, 3.63) is 30.0 Å². The lowest BCUT2D eigenvalue weighted by atomic mass is 9.82. The minimum absolute atomic E-state index is 0.0221. The van der Waals surface area contributed by atoms with E-state index >= 15 is 0 Å². The fraction of sp³-hybridized carbons (Fsp3) is 0.636. The molecule has 2 aromatic rings. The molecule has 0 bridgehead atoms. The Balaban J connectivity index is 1.55. The molecule has 9 heteroatoms. The number of anilines is 1. The zero-order chi connectivity index (χ0) is 22.4. The van der Waals surface area contributed by atoms with Crippen LogP contribution < -0.4 is 4.90 Å². The van der Waals surface area contributed by atoms with E-state index in [2.05, 4.69) is 24.2 Å². The van der Waals surface area contributed by atoms with Crippen molar-refractivity contribution in [3.63, 3.8) is 0 Å². The van der Waals surface area contributed by atoms with E-state index in [1.807, 2.05) is 17.9 Å². The van der Waals surface area contributed by atoms with Crippen LogP contribution in [0.25, 0.3) is 11.3 Å². The lowest BCUT2D eigenvalue weighted by Gasteiger charge is -2.48. The van der Waals surface area contributed by atoms with Gasteiger partial charge in [0.25, 0.3) is 0 Å². The van der Waals surface area contributed by atoms with Crippen LogP contribution in [-0.2, 0) is 17.7 Å². The van der Waals surface area contributed by atoms with E-state index < -0.39 is 12.6 Å². The van der Waals surface area contributed by atoms with Gasteiger partial charge >= 0.3 is 6.18 Å². The van der Waals surface area contributed by atoms with Crippen LogP contribution in [0, 0.1) is 10.8 Å². The number of aromatic nitrogens is 3. The van der Waals surface area contributed by atoms with Gasteiger partial charge in [0.1, 0.15) is 5.69 Å². The number of halogens is 3. The number of benzene rings is 1. The molecule has 2 fully saturated rings. The molecule has 0 spiro atoms. The summed E-state index contributed by atoms with van der Waals surface area (Å²) in [7, 11) is 0. The Morgan fingerprint density at radius 3 is 2.58 bits per heavy atom. The smallest absolute Gasteiger partial charge is 0.393 e. The quantitative estimate of drug-likeness (QED) is 0.746. The molecule has 2 saturated heterocycles. The molecule has 1 aromatic heterocycles. The van der Waals surface area contributed by atoms with Crippen molar-refractivity contribution in [2.24, 2.45) is 10.8 Å². The van der Waals surface area contributed by atoms with Gasteiger partial charge in [0.15, 0.2) is 0 Å². The summed E-state index contributed by atoms with van der Waals surface area (Å²) in [5, 5.41) is 17.7. The Morgan fingerprint density at radius 1 is 1.23 bits per heavy atom. The Kier molecular flexibility index (Phi) is 5.54. The maximum absolute atomic E-state index is 13.3. The third kappa shape index (κ3) is 5.03. The highest BCUT2D eigenvalue weighted by Gasteiger charge is 2.39. The number of aliphatic hydroxyl groups excluding tert-OH is 1. The summed E-state index contributed by atoms with van der Waals surface area (Å²) in [5.74, 6) is 0. The summed E-state index contributed by atoms with van der Waals surface area (Å²) >= 11 is 0. The van der Waals surface area contributed by atoms with Crippen LogP contribution in [0.15, 0.2) is 24.4 Å². The number of ether oxygens (including phenoxy) is 1. The van der Waals surface area contributed by atoms with Crippen molar-refractivity contribution in [3.8, 4) is 11.3 Å².